The fourth-order valence-electron chi connectivity index (χ4n) is 2.60. The second kappa shape index (κ2) is 5.38. The highest BCUT2D eigenvalue weighted by atomic mass is 19.4. The third-order valence-corrected chi connectivity index (χ3v) is 3.43. The van der Waals surface area contributed by atoms with Crippen molar-refractivity contribution in [2.24, 2.45) is 5.73 Å². The molecule has 2 heterocycles. The molecule has 6 nitrogen and oxygen atoms in total. The number of carbonyl (C=O) groups excluding carboxylic acids is 1. The number of halogens is 3. The normalized spacial score (nSPS) is 23.3. The van der Waals surface area contributed by atoms with Crippen molar-refractivity contribution in [2.75, 3.05) is 18.0 Å². The molecule has 116 valence electrons. The Kier molecular flexibility index (Phi) is 3.93. The Labute approximate surface area is 119 Å². The topological polar surface area (TPSA) is 75.3 Å². The Morgan fingerprint density at radius 3 is 2.10 bits per heavy atom. The number of amides is 2. The van der Waals surface area contributed by atoms with Gasteiger partial charge in [0.05, 0.1) is 18.1 Å². The molecule has 21 heavy (non-hydrogen) atoms. The summed E-state index contributed by atoms with van der Waals surface area (Å²) >= 11 is 0. The van der Waals surface area contributed by atoms with Crippen molar-refractivity contribution in [1.29, 1.82) is 0 Å². The molecule has 1 fully saturated rings. The zero-order valence-corrected chi connectivity index (χ0v) is 11.6. The van der Waals surface area contributed by atoms with E-state index in [9.17, 15) is 18.0 Å². The number of rotatable bonds is 1. The van der Waals surface area contributed by atoms with Crippen LogP contribution in [0.5, 0.6) is 0 Å². The quantitative estimate of drug-likeness (QED) is 0.852. The minimum Gasteiger partial charge on any atom is -0.365 e. The summed E-state index contributed by atoms with van der Waals surface area (Å²) in [7, 11) is 0. The number of carbonyl (C=O) groups is 1. The molecular formula is C12H16F3N5O. The van der Waals surface area contributed by atoms with Gasteiger partial charge in [-0.15, -0.1) is 0 Å². The molecule has 2 amide bonds. The van der Waals surface area contributed by atoms with E-state index in [1.165, 1.54) is 0 Å². The summed E-state index contributed by atoms with van der Waals surface area (Å²) in [4.78, 5) is 21.4. The maximum absolute atomic E-state index is 12.4. The summed E-state index contributed by atoms with van der Waals surface area (Å²) in [5.41, 5.74) is 5.81. The number of aromatic nitrogens is 2. The smallest absolute Gasteiger partial charge is 0.365 e. The molecular weight excluding hydrogens is 287 g/mol. The van der Waals surface area contributed by atoms with Crippen molar-refractivity contribution in [1.82, 2.24) is 14.9 Å². The molecule has 1 aliphatic rings. The van der Waals surface area contributed by atoms with E-state index in [4.69, 9.17) is 5.73 Å². The first-order valence-corrected chi connectivity index (χ1v) is 6.42. The second-order valence-electron chi connectivity index (χ2n) is 5.11. The van der Waals surface area contributed by atoms with Crippen molar-refractivity contribution in [3.8, 4) is 0 Å². The van der Waals surface area contributed by atoms with Gasteiger partial charge in [-0.1, -0.05) is 0 Å². The molecule has 1 aromatic heterocycles. The molecule has 2 atom stereocenters. The zero-order chi connectivity index (χ0) is 15.8. The Balaban J connectivity index is 2.15. The molecule has 2 N–H and O–H groups in total. The highest BCUT2D eigenvalue weighted by Gasteiger charge is 2.35. The van der Waals surface area contributed by atoms with Gasteiger partial charge in [0.1, 0.15) is 0 Å². The van der Waals surface area contributed by atoms with E-state index in [1.807, 2.05) is 18.7 Å². The average molecular weight is 303 g/mol. The number of primary amides is 1. The molecule has 2 unspecified atom stereocenters. The molecule has 1 saturated heterocycles. The zero-order valence-electron chi connectivity index (χ0n) is 11.6. The second-order valence-corrected chi connectivity index (χ2v) is 5.11. The Hall–Kier alpha value is -2.06. The van der Waals surface area contributed by atoms with Crippen LogP contribution < -0.4 is 10.6 Å². The van der Waals surface area contributed by atoms with Crippen LogP contribution >= 0.6 is 0 Å². The van der Waals surface area contributed by atoms with Crippen molar-refractivity contribution < 1.29 is 18.0 Å². The fraction of sp³-hybridized carbons (Fsp3) is 0.583. The number of nitrogens with zero attached hydrogens (tertiary/aromatic N) is 4. The van der Waals surface area contributed by atoms with Gasteiger partial charge in [0, 0.05) is 25.2 Å². The van der Waals surface area contributed by atoms with E-state index >= 15 is 0 Å². The van der Waals surface area contributed by atoms with Gasteiger partial charge >= 0.3 is 12.2 Å². The van der Waals surface area contributed by atoms with Gasteiger partial charge in [0.25, 0.3) is 0 Å². The SMILES string of the molecule is CC1CN(c2cnc(C(F)(F)F)nc2)CC(C)N1C(N)=O. The lowest BCUT2D eigenvalue weighted by Crippen LogP contribution is -2.60. The van der Waals surface area contributed by atoms with Crippen molar-refractivity contribution in [2.45, 2.75) is 32.1 Å². The highest BCUT2D eigenvalue weighted by molar-refractivity contribution is 5.73. The summed E-state index contributed by atoms with van der Waals surface area (Å²) < 4.78 is 37.3. The maximum Gasteiger partial charge on any atom is 0.451 e. The van der Waals surface area contributed by atoms with Gasteiger partial charge < -0.3 is 15.5 Å². The van der Waals surface area contributed by atoms with Gasteiger partial charge in [0.15, 0.2) is 0 Å². The lowest BCUT2D eigenvalue weighted by Gasteiger charge is -2.44. The molecule has 9 heteroatoms. The summed E-state index contributed by atoms with van der Waals surface area (Å²) in [6.45, 7) is 4.58. The van der Waals surface area contributed by atoms with Crippen molar-refractivity contribution in [3.05, 3.63) is 18.2 Å². The van der Waals surface area contributed by atoms with E-state index < -0.39 is 18.0 Å². The Morgan fingerprint density at radius 2 is 1.71 bits per heavy atom. The number of nitrogens with two attached hydrogens (primary N) is 1. The summed E-state index contributed by atoms with van der Waals surface area (Å²) in [6.07, 6.45) is -2.26. The van der Waals surface area contributed by atoms with Crippen LogP contribution in [-0.4, -0.2) is 46.1 Å². The fourth-order valence-corrected chi connectivity index (χ4v) is 2.60. The van der Waals surface area contributed by atoms with Crippen LogP contribution in [0.1, 0.15) is 19.7 Å². The first-order chi connectivity index (χ1) is 9.70. The molecule has 1 aromatic rings. The maximum atomic E-state index is 12.4. The summed E-state index contributed by atoms with van der Waals surface area (Å²) in [5, 5.41) is 0. The van der Waals surface area contributed by atoms with Crippen LogP contribution in [-0.2, 0) is 6.18 Å². The number of hydrogen-bond donors (Lipinski definition) is 1. The Bertz CT molecular complexity index is 507. The lowest BCUT2D eigenvalue weighted by molar-refractivity contribution is -0.145. The third-order valence-electron chi connectivity index (χ3n) is 3.43. The first kappa shape index (κ1) is 15.3. The number of urea groups is 1. The Morgan fingerprint density at radius 1 is 1.24 bits per heavy atom. The van der Waals surface area contributed by atoms with Crippen molar-refractivity contribution >= 4 is 11.7 Å². The minimum atomic E-state index is -4.55. The number of alkyl halides is 3. The molecule has 0 saturated carbocycles. The average Bonchev–Trinajstić information content (AvgIpc) is 2.36. The van der Waals surface area contributed by atoms with E-state index in [0.29, 0.717) is 18.8 Å². The van der Waals surface area contributed by atoms with Crippen LogP contribution in [0.15, 0.2) is 12.4 Å². The molecule has 0 aliphatic carbocycles. The first-order valence-electron chi connectivity index (χ1n) is 6.42. The molecule has 0 bridgehead atoms. The lowest BCUT2D eigenvalue weighted by atomic mass is 10.1. The van der Waals surface area contributed by atoms with Gasteiger partial charge in [0.2, 0.25) is 5.82 Å². The summed E-state index contributed by atoms with van der Waals surface area (Å²) in [5.74, 6) is -1.16. The molecule has 2 rings (SSSR count). The minimum absolute atomic E-state index is 0.145. The molecule has 1 aliphatic heterocycles. The highest BCUT2D eigenvalue weighted by Crippen LogP contribution is 2.27. The monoisotopic (exact) mass is 303 g/mol. The van der Waals surface area contributed by atoms with Gasteiger partial charge in [-0.05, 0) is 13.8 Å². The van der Waals surface area contributed by atoms with Crippen molar-refractivity contribution in [3.63, 3.8) is 0 Å². The van der Waals surface area contributed by atoms with Crippen LogP contribution in [0.25, 0.3) is 0 Å². The predicted octanol–water partition coefficient (Wildman–Crippen LogP) is 1.47. The van der Waals surface area contributed by atoms with E-state index in [1.54, 1.807) is 4.90 Å². The largest absolute Gasteiger partial charge is 0.451 e. The third kappa shape index (κ3) is 3.17. The standard InChI is InChI=1S/C12H16F3N5O/c1-7-5-19(6-8(2)20(7)11(16)21)9-3-17-10(18-4-9)12(13,14)15/h3-4,7-8H,5-6H2,1-2H3,(H2,16,21). The van der Waals surface area contributed by atoms with Gasteiger partial charge in [-0.25, -0.2) is 14.8 Å². The number of hydrogen-bond acceptors (Lipinski definition) is 4. The predicted molar refractivity (Wildman–Crippen MR) is 69.6 cm³/mol. The van der Waals surface area contributed by atoms with E-state index in [0.717, 1.165) is 12.4 Å². The van der Waals surface area contributed by atoms with Crippen LogP contribution in [0.4, 0.5) is 23.7 Å². The van der Waals surface area contributed by atoms with Gasteiger partial charge in [-0.2, -0.15) is 13.2 Å². The van der Waals surface area contributed by atoms with Gasteiger partial charge in [-0.3, -0.25) is 0 Å². The summed E-state index contributed by atoms with van der Waals surface area (Å²) in [6, 6.07) is -0.791. The van der Waals surface area contributed by atoms with E-state index in [-0.39, 0.29) is 12.1 Å². The van der Waals surface area contributed by atoms with E-state index in [2.05, 4.69) is 9.97 Å². The number of piperazine rings is 1. The number of anilines is 1. The molecule has 0 radical (unpaired) electrons. The van der Waals surface area contributed by atoms with Crippen LogP contribution in [0, 0.1) is 0 Å². The molecule has 0 aromatic carbocycles. The van der Waals surface area contributed by atoms with Crippen LogP contribution in [0.3, 0.4) is 0 Å². The molecule has 0 spiro atoms. The van der Waals surface area contributed by atoms with Crippen LogP contribution in [0.2, 0.25) is 0 Å².